The molecule has 1 aromatic carbocycles. The molecular weight excluding hydrogens is 167 g/mol. The monoisotopic (exact) mass is 180 g/mol. The second kappa shape index (κ2) is 4.05. The smallest absolute Gasteiger partial charge is 0.125 e. The van der Waals surface area contributed by atoms with Gasteiger partial charge in [0, 0.05) is 11.7 Å². The van der Waals surface area contributed by atoms with Crippen molar-refractivity contribution in [3.63, 3.8) is 0 Å². The molecule has 1 aromatic rings. The third kappa shape index (κ3) is 2.29. The summed E-state index contributed by atoms with van der Waals surface area (Å²) in [6, 6.07) is 4.05. The van der Waals surface area contributed by atoms with Gasteiger partial charge in [-0.3, -0.25) is 0 Å². The number of nitrogens with two attached hydrogens (primary N) is 2. The maximum atomic E-state index is 12.7. The standard InChI is InChI=1S/C10H13FN2/c1-2-3-9(12)8-5-4-7(11)6-10(8)13/h2,4-6,9H,1,3,12-13H2/t9-/m1/s1. The molecule has 0 radical (unpaired) electrons. The van der Waals surface area contributed by atoms with Crippen molar-refractivity contribution in [1.82, 2.24) is 0 Å². The third-order valence-electron chi connectivity index (χ3n) is 1.87. The molecule has 70 valence electrons. The lowest BCUT2D eigenvalue weighted by Gasteiger charge is -2.11. The van der Waals surface area contributed by atoms with E-state index >= 15 is 0 Å². The van der Waals surface area contributed by atoms with E-state index in [-0.39, 0.29) is 11.9 Å². The van der Waals surface area contributed by atoms with E-state index < -0.39 is 0 Å². The summed E-state index contributed by atoms with van der Waals surface area (Å²) in [7, 11) is 0. The summed E-state index contributed by atoms with van der Waals surface area (Å²) in [6.07, 6.45) is 2.35. The zero-order valence-electron chi connectivity index (χ0n) is 7.33. The van der Waals surface area contributed by atoms with Crippen LogP contribution in [0.4, 0.5) is 10.1 Å². The maximum absolute atomic E-state index is 12.7. The number of halogens is 1. The van der Waals surface area contributed by atoms with Crippen molar-refractivity contribution in [2.75, 3.05) is 5.73 Å². The third-order valence-corrected chi connectivity index (χ3v) is 1.87. The lowest BCUT2D eigenvalue weighted by Crippen LogP contribution is -2.11. The van der Waals surface area contributed by atoms with Gasteiger partial charge in [-0.25, -0.2) is 4.39 Å². The lowest BCUT2D eigenvalue weighted by atomic mass is 10.0. The van der Waals surface area contributed by atoms with Gasteiger partial charge in [0.05, 0.1) is 0 Å². The number of nitrogen functional groups attached to an aromatic ring is 1. The summed E-state index contributed by atoms with van der Waals surface area (Å²) in [5.41, 5.74) is 12.5. The molecule has 0 aliphatic heterocycles. The molecule has 0 saturated heterocycles. The Balaban J connectivity index is 2.94. The molecule has 13 heavy (non-hydrogen) atoms. The van der Waals surface area contributed by atoms with E-state index in [1.54, 1.807) is 12.1 Å². The average molecular weight is 180 g/mol. The lowest BCUT2D eigenvalue weighted by molar-refractivity contribution is 0.626. The van der Waals surface area contributed by atoms with Gasteiger partial charge in [0.2, 0.25) is 0 Å². The van der Waals surface area contributed by atoms with E-state index in [9.17, 15) is 4.39 Å². The minimum atomic E-state index is -0.341. The molecule has 0 bridgehead atoms. The highest BCUT2D eigenvalue weighted by Crippen LogP contribution is 2.21. The summed E-state index contributed by atoms with van der Waals surface area (Å²) in [5.74, 6) is -0.341. The first kappa shape index (κ1) is 9.74. The van der Waals surface area contributed by atoms with Gasteiger partial charge in [0.25, 0.3) is 0 Å². The van der Waals surface area contributed by atoms with Crippen LogP contribution in [-0.4, -0.2) is 0 Å². The van der Waals surface area contributed by atoms with Gasteiger partial charge < -0.3 is 11.5 Å². The highest BCUT2D eigenvalue weighted by molar-refractivity contribution is 5.48. The first-order chi connectivity index (χ1) is 6.15. The molecule has 0 saturated carbocycles. The average Bonchev–Trinajstić information content (AvgIpc) is 2.04. The van der Waals surface area contributed by atoms with Gasteiger partial charge in [-0.2, -0.15) is 0 Å². The van der Waals surface area contributed by atoms with Crippen molar-refractivity contribution in [1.29, 1.82) is 0 Å². The molecule has 0 amide bonds. The van der Waals surface area contributed by atoms with Crippen molar-refractivity contribution in [2.45, 2.75) is 12.5 Å². The number of hydrogen-bond acceptors (Lipinski definition) is 2. The molecular formula is C10H13FN2. The second-order valence-electron chi connectivity index (χ2n) is 2.90. The topological polar surface area (TPSA) is 52.0 Å². The molecule has 1 rings (SSSR count). The number of hydrogen-bond donors (Lipinski definition) is 2. The molecule has 1 atom stereocenters. The Labute approximate surface area is 77.0 Å². The Hall–Kier alpha value is -1.35. The quantitative estimate of drug-likeness (QED) is 0.552. The zero-order chi connectivity index (χ0) is 9.84. The Bertz CT molecular complexity index is 310. The number of benzene rings is 1. The van der Waals surface area contributed by atoms with Crippen LogP contribution in [0, 0.1) is 5.82 Å². The van der Waals surface area contributed by atoms with E-state index in [0.29, 0.717) is 12.1 Å². The molecule has 4 N–H and O–H groups in total. The minimum Gasteiger partial charge on any atom is -0.398 e. The van der Waals surface area contributed by atoms with E-state index in [1.165, 1.54) is 12.1 Å². The van der Waals surface area contributed by atoms with E-state index in [4.69, 9.17) is 11.5 Å². The van der Waals surface area contributed by atoms with Crippen LogP contribution < -0.4 is 11.5 Å². The Kier molecular flexibility index (Phi) is 3.03. The largest absolute Gasteiger partial charge is 0.398 e. The first-order valence-electron chi connectivity index (χ1n) is 4.06. The van der Waals surface area contributed by atoms with Crippen molar-refractivity contribution in [2.24, 2.45) is 5.73 Å². The molecule has 0 aliphatic rings. The molecule has 0 aromatic heterocycles. The van der Waals surface area contributed by atoms with Gasteiger partial charge in [-0.05, 0) is 24.1 Å². The van der Waals surface area contributed by atoms with E-state index in [2.05, 4.69) is 6.58 Å². The maximum Gasteiger partial charge on any atom is 0.125 e. The molecule has 0 spiro atoms. The van der Waals surface area contributed by atoms with Crippen LogP contribution in [0.15, 0.2) is 30.9 Å². The molecule has 0 fully saturated rings. The first-order valence-corrected chi connectivity index (χ1v) is 4.06. The van der Waals surface area contributed by atoms with Crippen LogP contribution in [0.5, 0.6) is 0 Å². The highest BCUT2D eigenvalue weighted by Gasteiger charge is 2.07. The van der Waals surface area contributed by atoms with Crippen LogP contribution in [0.2, 0.25) is 0 Å². The fourth-order valence-corrected chi connectivity index (χ4v) is 1.19. The number of anilines is 1. The van der Waals surface area contributed by atoms with Gasteiger partial charge in [0.1, 0.15) is 5.82 Å². The Morgan fingerprint density at radius 3 is 2.77 bits per heavy atom. The summed E-state index contributed by atoms with van der Waals surface area (Å²) in [6.45, 7) is 3.58. The molecule has 3 heteroatoms. The normalized spacial score (nSPS) is 12.5. The van der Waals surface area contributed by atoms with Crippen molar-refractivity contribution < 1.29 is 4.39 Å². The van der Waals surface area contributed by atoms with Crippen molar-refractivity contribution >= 4 is 5.69 Å². The summed E-state index contributed by atoms with van der Waals surface area (Å²) in [5, 5.41) is 0. The fourth-order valence-electron chi connectivity index (χ4n) is 1.19. The van der Waals surface area contributed by atoms with Gasteiger partial charge in [-0.1, -0.05) is 12.1 Å². The van der Waals surface area contributed by atoms with Crippen LogP contribution in [0.3, 0.4) is 0 Å². The van der Waals surface area contributed by atoms with Gasteiger partial charge in [-0.15, -0.1) is 6.58 Å². The second-order valence-corrected chi connectivity index (χ2v) is 2.90. The number of rotatable bonds is 3. The summed E-state index contributed by atoms with van der Waals surface area (Å²) in [4.78, 5) is 0. The SMILES string of the molecule is C=CC[C@@H](N)c1ccc(F)cc1N. The Morgan fingerprint density at radius 1 is 1.54 bits per heavy atom. The van der Waals surface area contributed by atoms with E-state index in [0.717, 1.165) is 5.56 Å². The molecule has 2 nitrogen and oxygen atoms in total. The highest BCUT2D eigenvalue weighted by atomic mass is 19.1. The summed E-state index contributed by atoms with van der Waals surface area (Å²) >= 11 is 0. The van der Waals surface area contributed by atoms with Crippen LogP contribution in [0.1, 0.15) is 18.0 Å². The predicted molar refractivity (Wildman–Crippen MR) is 52.6 cm³/mol. The molecule has 0 heterocycles. The van der Waals surface area contributed by atoms with Gasteiger partial charge in [0.15, 0.2) is 0 Å². The Morgan fingerprint density at radius 2 is 2.23 bits per heavy atom. The summed E-state index contributed by atoms with van der Waals surface area (Å²) < 4.78 is 12.7. The minimum absolute atomic E-state index is 0.196. The molecule has 0 unspecified atom stereocenters. The van der Waals surface area contributed by atoms with Crippen molar-refractivity contribution in [3.8, 4) is 0 Å². The van der Waals surface area contributed by atoms with Crippen LogP contribution >= 0.6 is 0 Å². The zero-order valence-corrected chi connectivity index (χ0v) is 7.33. The van der Waals surface area contributed by atoms with Gasteiger partial charge >= 0.3 is 0 Å². The van der Waals surface area contributed by atoms with Crippen LogP contribution in [0.25, 0.3) is 0 Å². The molecule has 0 aliphatic carbocycles. The van der Waals surface area contributed by atoms with Crippen LogP contribution in [-0.2, 0) is 0 Å². The van der Waals surface area contributed by atoms with Crippen molar-refractivity contribution in [3.05, 3.63) is 42.2 Å². The predicted octanol–water partition coefficient (Wildman–Crippen LogP) is 1.98. The van der Waals surface area contributed by atoms with E-state index in [1.807, 2.05) is 0 Å². The fraction of sp³-hybridized carbons (Fsp3) is 0.200.